The molecule has 1 amide bonds. The van der Waals surface area contributed by atoms with Gasteiger partial charge in [-0.05, 0) is 40.2 Å². The van der Waals surface area contributed by atoms with E-state index in [-0.39, 0.29) is 5.69 Å². The van der Waals surface area contributed by atoms with Crippen molar-refractivity contribution in [1.82, 2.24) is 0 Å². The standard InChI is InChI=1S/C11H6BrF2NOS/c12-9-4-5-10(17-9)15(6-16)11-7(13)2-1-3-8(11)14/h1-6H. The van der Waals surface area contributed by atoms with Crippen LogP contribution in [-0.2, 0) is 4.79 Å². The number of hydrogen-bond donors (Lipinski definition) is 0. The molecule has 0 fully saturated rings. The van der Waals surface area contributed by atoms with Crippen molar-refractivity contribution in [3.8, 4) is 0 Å². The Morgan fingerprint density at radius 3 is 2.29 bits per heavy atom. The van der Waals surface area contributed by atoms with E-state index in [1.807, 2.05) is 0 Å². The molecule has 1 aromatic heterocycles. The summed E-state index contributed by atoms with van der Waals surface area (Å²) in [5.41, 5.74) is -0.364. The number of amides is 1. The summed E-state index contributed by atoms with van der Waals surface area (Å²) in [6.45, 7) is 0. The molecule has 0 saturated carbocycles. The van der Waals surface area contributed by atoms with Crippen molar-refractivity contribution >= 4 is 44.4 Å². The first-order valence-corrected chi connectivity index (χ1v) is 6.18. The first-order valence-electron chi connectivity index (χ1n) is 4.57. The van der Waals surface area contributed by atoms with Gasteiger partial charge in [0.05, 0.1) is 3.79 Å². The molecule has 0 N–H and O–H groups in total. The number of carbonyl (C=O) groups is 1. The molecule has 0 atom stereocenters. The second-order valence-electron chi connectivity index (χ2n) is 3.12. The summed E-state index contributed by atoms with van der Waals surface area (Å²) in [5, 5.41) is 0.441. The number of nitrogens with zero attached hydrogens (tertiary/aromatic N) is 1. The Bertz CT molecular complexity index is 538. The number of halogens is 3. The van der Waals surface area contributed by atoms with Gasteiger partial charge in [0.25, 0.3) is 0 Å². The van der Waals surface area contributed by atoms with Gasteiger partial charge in [-0.25, -0.2) is 8.78 Å². The molecule has 0 bridgehead atoms. The molecular weight excluding hydrogens is 312 g/mol. The predicted octanol–water partition coefficient (Wildman–Crippen LogP) is 4.08. The van der Waals surface area contributed by atoms with E-state index in [0.717, 1.165) is 20.8 Å². The lowest BCUT2D eigenvalue weighted by molar-refractivity contribution is -0.106. The number of rotatable bonds is 3. The number of thiophene rings is 1. The van der Waals surface area contributed by atoms with Crippen molar-refractivity contribution in [2.45, 2.75) is 0 Å². The highest BCUT2D eigenvalue weighted by Crippen LogP contribution is 2.35. The molecule has 0 radical (unpaired) electrons. The molecule has 2 rings (SSSR count). The Kier molecular flexibility index (Phi) is 3.54. The first kappa shape index (κ1) is 12.2. The second-order valence-corrected chi connectivity index (χ2v) is 5.56. The van der Waals surface area contributed by atoms with Gasteiger partial charge in [-0.1, -0.05) is 6.07 Å². The molecule has 6 heteroatoms. The Labute approximate surface area is 109 Å². The highest BCUT2D eigenvalue weighted by Gasteiger charge is 2.18. The zero-order valence-electron chi connectivity index (χ0n) is 8.36. The number of carbonyl (C=O) groups excluding carboxylic acids is 1. The van der Waals surface area contributed by atoms with E-state index in [1.54, 1.807) is 12.1 Å². The minimum Gasteiger partial charge on any atom is -0.278 e. The summed E-state index contributed by atoms with van der Waals surface area (Å²) in [4.78, 5) is 11.9. The molecule has 0 aliphatic heterocycles. The van der Waals surface area contributed by atoms with Crippen molar-refractivity contribution in [2.75, 3.05) is 4.90 Å². The van der Waals surface area contributed by atoms with Crippen LogP contribution in [0, 0.1) is 11.6 Å². The van der Waals surface area contributed by atoms with Crippen molar-refractivity contribution in [2.24, 2.45) is 0 Å². The molecule has 0 unspecified atom stereocenters. The molecule has 2 nitrogen and oxygen atoms in total. The number of anilines is 2. The molecule has 0 aliphatic carbocycles. The number of hydrogen-bond acceptors (Lipinski definition) is 2. The van der Waals surface area contributed by atoms with Crippen molar-refractivity contribution in [3.05, 3.63) is 45.8 Å². The maximum Gasteiger partial charge on any atom is 0.219 e. The summed E-state index contributed by atoms with van der Waals surface area (Å²) >= 11 is 4.44. The third-order valence-corrected chi connectivity index (χ3v) is 3.70. The van der Waals surface area contributed by atoms with Gasteiger partial charge in [0, 0.05) is 0 Å². The third kappa shape index (κ3) is 2.37. The van der Waals surface area contributed by atoms with E-state index in [1.165, 1.54) is 17.4 Å². The molecule has 88 valence electrons. The van der Waals surface area contributed by atoms with Crippen LogP contribution in [0.15, 0.2) is 34.1 Å². The zero-order chi connectivity index (χ0) is 12.4. The molecule has 17 heavy (non-hydrogen) atoms. The predicted molar refractivity (Wildman–Crippen MR) is 66.6 cm³/mol. The van der Waals surface area contributed by atoms with Gasteiger partial charge in [0.2, 0.25) is 6.41 Å². The van der Waals surface area contributed by atoms with Crippen LogP contribution < -0.4 is 4.90 Å². The maximum atomic E-state index is 13.5. The highest BCUT2D eigenvalue weighted by atomic mass is 79.9. The monoisotopic (exact) mass is 317 g/mol. The number of benzene rings is 1. The summed E-state index contributed by atoms with van der Waals surface area (Å²) in [6, 6.07) is 6.78. The van der Waals surface area contributed by atoms with Gasteiger partial charge in [-0.3, -0.25) is 9.69 Å². The van der Waals surface area contributed by atoms with Gasteiger partial charge in [-0.15, -0.1) is 11.3 Å². The molecule has 0 aliphatic rings. The smallest absolute Gasteiger partial charge is 0.219 e. The zero-order valence-corrected chi connectivity index (χ0v) is 10.8. The van der Waals surface area contributed by atoms with Crippen LogP contribution >= 0.6 is 27.3 Å². The molecule has 2 aromatic rings. The summed E-state index contributed by atoms with van der Waals surface area (Å²) < 4.78 is 27.8. The Morgan fingerprint density at radius 1 is 1.18 bits per heavy atom. The molecule has 0 spiro atoms. The van der Waals surface area contributed by atoms with E-state index in [0.29, 0.717) is 11.4 Å². The van der Waals surface area contributed by atoms with Crippen LogP contribution in [0.3, 0.4) is 0 Å². The van der Waals surface area contributed by atoms with Gasteiger partial charge >= 0.3 is 0 Å². The molecular formula is C11H6BrF2NOS. The van der Waals surface area contributed by atoms with Gasteiger partial charge < -0.3 is 0 Å². The second kappa shape index (κ2) is 4.93. The van der Waals surface area contributed by atoms with Crippen LogP contribution in [-0.4, -0.2) is 6.41 Å². The molecule has 1 aromatic carbocycles. The van der Waals surface area contributed by atoms with Gasteiger partial charge in [-0.2, -0.15) is 0 Å². The average Bonchev–Trinajstić information content (AvgIpc) is 2.70. The van der Waals surface area contributed by atoms with Crippen LogP contribution in [0.25, 0.3) is 0 Å². The van der Waals surface area contributed by atoms with Crippen molar-refractivity contribution in [3.63, 3.8) is 0 Å². The lowest BCUT2D eigenvalue weighted by Crippen LogP contribution is -2.15. The Morgan fingerprint density at radius 2 is 1.82 bits per heavy atom. The summed E-state index contributed by atoms with van der Waals surface area (Å²) in [5.74, 6) is -1.55. The molecule has 1 heterocycles. The fourth-order valence-electron chi connectivity index (χ4n) is 1.37. The largest absolute Gasteiger partial charge is 0.278 e. The average molecular weight is 318 g/mol. The Balaban J connectivity index is 2.53. The normalized spacial score (nSPS) is 10.3. The van der Waals surface area contributed by atoms with Crippen LogP contribution in [0.1, 0.15) is 0 Å². The van der Waals surface area contributed by atoms with E-state index in [2.05, 4.69) is 15.9 Å². The number of para-hydroxylation sites is 1. The van der Waals surface area contributed by atoms with Crippen LogP contribution in [0.5, 0.6) is 0 Å². The molecule has 0 saturated heterocycles. The van der Waals surface area contributed by atoms with Crippen molar-refractivity contribution < 1.29 is 13.6 Å². The third-order valence-electron chi connectivity index (χ3n) is 2.08. The Hall–Kier alpha value is -1.27. The van der Waals surface area contributed by atoms with E-state index in [4.69, 9.17) is 0 Å². The minimum absolute atomic E-state index is 0.364. The van der Waals surface area contributed by atoms with Crippen LogP contribution in [0.4, 0.5) is 19.5 Å². The highest BCUT2D eigenvalue weighted by molar-refractivity contribution is 9.11. The fraction of sp³-hybridized carbons (Fsp3) is 0. The quantitative estimate of drug-likeness (QED) is 0.781. The summed E-state index contributed by atoms with van der Waals surface area (Å²) in [6.07, 6.45) is 0.389. The maximum absolute atomic E-state index is 13.5. The minimum atomic E-state index is -0.776. The van der Waals surface area contributed by atoms with Crippen LogP contribution in [0.2, 0.25) is 0 Å². The van der Waals surface area contributed by atoms with Crippen molar-refractivity contribution in [1.29, 1.82) is 0 Å². The topological polar surface area (TPSA) is 20.3 Å². The summed E-state index contributed by atoms with van der Waals surface area (Å²) in [7, 11) is 0. The van der Waals surface area contributed by atoms with E-state index >= 15 is 0 Å². The fourth-order valence-corrected chi connectivity index (χ4v) is 2.70. The first-order chi connectivity index (χ1) is 8.13. The van der Waals surface area contributed by atoms with Gasteiger partial charge in [0.15, 0.2) is 0 Å². The van der Waals surface area contributed by atoms with E-state index < -0.39 is 11.6 Å². The van der Waals surface area contributed by atoms with Gasteiger partial charge in [0.1, 0.15) is 22.3 Å². The van der Waals surface area contributed by atoms with E-state index in [9.17, 15) is 13.6 Å². The SMILES string of the molecule is O=CN(c1ccc(Br)s1)c1c(F)cccc1F. The lowest BCUT2D eigenvalue weighted by atomic mass is 10.2. The lowest BCUT2D eigenvalue weighted by Gasteiger charge is -2.16.